The highest BCUT2D eigenvalue weighted by Gasteiger charge is 2.34. The number of nitrogens with one attached hydrogen (secondary N) is 1. The number of amides is 2. The molecule has 1 aliphatic heterocycles. The molecule has 1 atom stereocenters. The number of piperazine rings is 1. The lowest BCUT2D eigenvalue weighted by molar-refractivity contribution is -0.130. The number of nitrogens with zero attached hydrogens (tertiary/aromatic N) is 4. The van der Waals surface area contributed by atoms with E-state index in [0.717, 1.165) is 5.56 Å². The molecule has 0 spiro atoms. The van der Waals surface area contributed by atoms with E-state index in [2.05, 4.69) is 15.0 Å². The number of hydrogen-bond acceptors (Lipinski definition) is 5. The van der Waals surface area contributed by atoms with E-state index < -0.39 is 11.7 Å². The summed E-state index contributed by atoms with van der Waals surface area (Å²) >= 11 is 0. The second-order valence-electron chi connectivity index (χ2n) is 8.32. The van der Waals surface area contributed by atoms with Gasteiger partial charge in [0.2, 0.25) is 0 Å². The first-order chi connectivity index (χ1) is 16.5. The molecule has 8 nitrogen and oxygen atoms in total. The summed E-state index contributed by atoms with van der Waals surface area (Å²) in [4.78, 5) is 54.1. The molecule has 1 aromatic carbocycles. The molecule has 1 N–H and O–H groups in total. The van der Waals surface area contributed by atoms with E-state index in [1.54, 1.807) is 52.8 Å². The van der Waals surface area contributed by atoms with Crippen LogP contribution in [0.15, 0.2) is 73.3 Å². The maximum absolute atomic E-state index is 13.2. The third kappa shape index (κ3) is 3.83. The zero-order chi connectivity index (χ0) is 23.7. The van der Waals surface area contributed by atoms with Gasteiger partial charge in [0.15, 0.2) is 0 Å². The van der Waals surface area contributed by atoms with Crippen molar-refractivity contribution in [1.82, 2.24) is 24.8 Å². The van der Waals surface area contributed by atoms with Gasteiger partial charge in [-0.15, -0.1) is 0 Å². The minimum atomic E-state index is -0.579. The van der Waals surface area contributed by atoms with Crippen LogP contribution in [0.2, 0.25) is 0 Å². The molecule has 170 valence electrons. The van der Waals surface area contributed by atoms with Crippen molar-refractivity contribution in [2.45, 2.75) is 13.0 Å². The van der Waals surface area contributed by atoms with E-state index in [1.165, 1.54) is 0 Å². The van der Waals surface area contributed by atoms with Crippen molar-refractivity contribution in [3.05, 3.63) is 84.4 Å². The molecule has 1 fully saturated rings. The summed E-state index contributed by atoms with van der Waals surface area (Å²) in [6.07, 6.45) is 6.57. The number of benzene rings is 1. The average Bonchev–Trinajstić information content (AvgIpc) is 3.33. The van der Waals surface area contributed by atoms with Crippen LogP contribution in [0, 0.1) is 0 Å². The van der Waals surface area contributed by atoms with E-state index in [1.807, 2.05) is 37.3 Å². The van der Waals surface area contributed by atoms with Crippen molar-refractivity contribution in [3.63, 3.8) is 0 Å². The summed E-state index contributed by atoms with van der Waals surface area (Å²) in [7, 11) is 0. The molecule has 0 bridgehead atoms. The van der Waals surface area contributed by atoms with Gasteiger partial charge in [0, 0.05) is 67.0 Å². The number of ketones is 1. The van der Waals surface area contributed by atoms with Crippen LogP contribution in [0.5, 0.6) is 0 Å². The van der Waals surface area contributed by atoms with Crippen LogP contribution in [0.3, 0.4) is 0 Å². The third-order valence-corrected chi connectivity index (χ3v) is 6.17. The first kappa shape index (κ1) is 21.5. The van der Waals surface area contributed by atoms with Crippen LogP contribution in [-0.2, 0) is 4.79 Å². The largest absolute Gasteiger partial charge is 0.359 e. The van der Waals surface area contributed by atoms with Gasteiger partial charge in [0.1, 0.15) is 0 Å². The van der Waals surface area contributed by atoms with Crippen LogP contribution in [0.1, 0.15) is 27.6 Å². The Morgan fingerprint density at radius 2 is 1.82 bits per heavy atom. The monoisotopic (exact) mass is 453 g/mol. The lowest BCUT2D eigenvalue weighted by Gasteiger charge is -2.39. The molecule has 34 heavy (non-hydrogen) atoms. The quantitative estimate of drug-likeness (QED) is 0.378. The fourth-order valence-corrected chi connectivity index (χ4v) is 4.42. The molecular weight excluding hydrogens is 430 g/mol. The summed E-state index contributed by atoms with van der Waals surface area (Å²) < 4.78 is 0. The van der Waals surface area contributed by atoms with E-state index in [9.17, 15) is 14.4 Å². The summed E-state index contributed by atoms with van der Waals surface area (Å²) in [5, 5.41) is 0.637. The highest BCUT2D eigenvalue weighted by atomic mass is 16.2. The summed E-state index contributed by atoms with van der Waals surface area (Å²) in [6.45, 7) is 2.90. The standard InChI is InChI=1S/C26H23N5O3/c1-17-16-30(25(33)18-6-3-2-4-7-18)12-13-31(17)26(34)24(32)21-15-29-23-20(21)9-11-28-22(23)19-8-5-10-27-14-19/h2-11,14-15,17,29H,12-13,16H2,1H3. The van der Waals surface area contributed by atoms with Gasteiger partial charge in [-0.3, -0.25) is 24.4 Å². The Hall–Kier alpha value is -4.33. The van der Waals surface area contributed by atoms with E-state index in [0.29, 0.717) is 47.4 Å². The fourth-order valence-electron chi connectivity index (χ4n) is 4.42. The van der Waals surface area contributed by atoms with Gasteiger partial charge < -0.3 is 14.8 Å². The number of carbonyl (C=O) groups excluding carboxylic acids is 3. The first-order valence-corrected chi connectivity index (χ1v) is 11.1. The zero-order valence-corrected chi connectivity index (χ0v) is 18.6. The Bertz CT molecular complexity index is 1370. The van der Waals surface area contributed by atoms with Crippen molar-refractivity contribution in [3.8, 4) is 11.3 Å². The first-order valence-electron chi connectivity index (χ1n) is 11.1. The van der Waals surface area contributed by atoms with Crippen LogP contribution >= 0.6 is 0 Å². The van der Waals surface area contributed by atoms with Crippen LogP contribution in [0.25, 0.3) is 22.2 Å². The second-order valence-corrected chi connectivity index (χ2v) is 8.32. The van der Waals surface area contributed by atoms with Crippen LogP contribution in [-0.4, -0.2) is 68.0 Å². The predicted molar refractivity (Wildman–Crippen MR) is 127 cm³/mol. The number of H-pyrrole nitrogens is 1. The SMILES string of the molecule is CC1CN(C(=O)c2ccccc2)CCN1C(=O)C(=O)c1c[nH]c2c(-c3cccnc3)nccc12. The van der Waals surface area contributed by atoms with Gasteiger partial charge in [-0.1, -0.05) is 18.2 Å². The minimum Gasteiger partial charge on any atom is -0.359 e. The smallest absolute Gasteiger partial charge is 0.295 e. The molecule has 0 aliphatic carbocycles. The molecule has 4 heterocycles. The summed E-state index contributed by atoms with van der Waals surface area (Å²) in [6, 6.07) is 14.2. The van der Waals surface area contributed by atoms with E-state index >= 15 is 0 Å². The molecule has 0 saturated carbocycles. The van der Waals surface area contributed by atoms with Crippen LogP contribution < -0.4 is 0 Å². The van der Waals surface area contributed by atoms with Gasteiger partial charge in [-0.25, -0.2) is 0 Å². The minimum absolute atomic E-state index is 0.0714. The number of pyridine rings is 2. The topological polar surface area (TPSA) is 99.3 Å². The van der Waals surface area contributed by atoms with Gasteiger partial charge >= 0.3 is 0 Å². The van der Waals surface area contributed by atoms with Gasteiger partial charge in [-0.2, -0.15) is 0 Å². The normalized spacial score (nSPS) is 16.0. The van der Waals surface area contributed by atoms with Crippen molar-refractivity contribution in [2.75, 3.05) is 19.6 Å². The van der Waals surface area contributed by atoms with Crippen molar-refractivity contribution in [1.29, 1.82) is 0 Å². The molecule has 4 aromatic rings. The predicted octanol–water partition coefficient (Wildman–Crippen LogP) is 3.18. The molecule has 2 amide bonds. The Balaban J connectivity index is 1.35. The van der Waals surface area contributed by atoms with E-state index in [4.69, 9.17) is 0 Å². The molecule has 3 aromatic heterocycles. The average molecular weight is 454 g/mol. The number of carbonyl (C=O) groups is 3. The number of rotatable bonds is 4. The number of aromatic nitrogens is 3. The maximum atomic E-state index is 13.2. The van der Waals surface area contributed by atoms with Gasteiger partial charge in [0.25, 0.3) is 17.6 Å². The maximum Gasteiger partial charge on any atom is 0.295 e. The Morgan fingerprint density at radius 3 is 2.56 bits per heavy atom. The molecular formula is C26H23N5O3. The third-order valence-electron chi connectivity index (χ3n) is 6.17. The highest BCUT2D eigenvalue weighted by Crippen LogP contribution is 2.28. The number of hydrogen-bond donors (Lipinski definition) is 1. The molecule has 1 saturated heterocycles. The summed E-state index contributed by atoms with van der Waals surface area (Å²) in [5.41, 5.74) is 3.08. The van der Waals surface area contributed by atoms with E-state index in [-0.39, 0.29) is 11.9 Å². The second kappa shape index (κ2) is 8.90. The zero-order valence-electron chi connectivity index (χ0n) is 18.6. The van der Waals surface area contributed by atoms with Crippen molar-refractivity contribution >= 4 is 28.5 Å². The lowest BCUT2D eigenvalue weighted by atomic mass is 10.0. The molecule has 1 aliphatic rings. The summed E-state index contributed by atoms with van der Waals surface area (Å²) in [5.74, 6) is -1.22. The molecule has 8 heteroatoms. The Labute approximate surface area is 196 Å². The molecule has 5 rings (SSSR count). The van der Waals surface area contributed by atoms with Crippen LogP contribution in [0.4, 0.5) is 0 Å². The fraction of sp³-hybridized carbons (Fsp3) is 0.192. The Morgan fingerprint density at radius 1 is 1.00 bits per heavy atom. The number of aromatic amines is 1. The van der Waals surface area contributed by atoms with Crippen molar-refractivity contribution in [2.24, 2.45) is 0 Å². The van der Waals surface area contributed by atoms with Crippen molar-refractivity contribution < 1.29 is 14.4 Å². The van der Waals surface area contributed by atoms with Gasteiger partial charge in [0.05, 0.1) is 16.8 Å². The number of Topliss-reactive ketones (excluding diaryl/α,β-unsaturated/α-hetero) is 1. The number of fused-ring (bicyclic) bond motifs is 1. The van der Waals surface area contributed by atoms with Gasteiger partial charge in [-0.05, 0) is 37.3 Å². The highest BCUT2D eigenvalue weighted by molar-refractivity contribution is 6.45. The molecule has 0 radical (unpaired) electrons. The molecule has 1 unspecified atom stereocenters. The Kier molecular flexibility index (Phi) is 5.63. The lowest BCUT2D eigenvalue weighted by Crippen LogP contribution is -2.56.